The third-order valence-electron chi connectivity index (χ3n) is 4.55. The van der Waals surface area contributed by atoms with Crippen LogP contribution in [0.5, 0.6) is 0 Å². The predicted octanol–water partition coefficient (Wildman–Crippen LogP) is 3.09. The molecule has 6 nitrogen and oxygen atoms in total. The first-order valence-corrected chi connectivity index (χ1v) is 10.7. The summed E-state index contributed by atoms with van der Waals surface area (Å²) < 4.78 is 27.6. The van der Waals surface area contributed by atoms with Gasteiger partial charge < -0.3 is 10.4 Å². The van der Waals surface area contributed by atoms with Gasteiger partial charge in [-0.25, -0.2) is 8.42 Å². The van der Waals surface area contributed by atoms with Crippen LogP contribution in [0.15, 0.2) is 47.4 Å². The van der Waals surface area contributed by atoms with Gasteiger partial charge in [-0.1, -0.05) is 49.7 Å². The first kappa shape index (κ1) is 22.1. The van der Waals surface area contributed by atoms with Crippen LogP contribution in [0, 0.1) is 13.8 Å². The monoisotopic (exact) mass is 404 g/mol. The lowest BCUT2D eigenvalue weighted by atomic mass is 9.98. The van der Waals surface area contributed by atoms with Crippen LogP contribution in [0.25, 0.3) is 0 Å². The van der Waals surface area contributed by atoms with Gasteiger partial charge in [0.15, 0.2) is 0 Å². The molecule has 1 amide bonds. The number of sulfonamides is 1. The first-order valence-electron chi connectivity index (χ1n) is 9.20. The van der Waals surface area contributed by atoms with Crippen molar-refractivity contribution in [1.82, 2.24) is 4.72 Å². The second-order valence-electron chi connectivity index (χ2n) is 7.34. The molecule has 2 aromatic rings. The maximum absolute atomic E-state index is 12.8. The lowest BCUT2D eigenvalue weighted by Gasteiger charge is -2.23. The highest BCUT2D eigenvalue weighted by atomic mass is 32.2. The quantitative estimate of drug-likeness (QED) is 0.661. The number of nitrogens with one attached hydrogen (secondary N) is 2. The van der Waals surface area contributed by atoms with Crippen LogP contribution >= 0.6 is 0 Å². The van der Waals surface area contributed by atoms with Crippen molar-refractivity contribution in [2.24, 2.45) is 0 Å². The first-order chi connectivity index (χ1) is 13.0. The van der Waals surface area contributed by atoms with Gasteiger partial charge in [0, 0.05) is 5.69 Å². The summed E-state index contributed by atoms with van der Waals surface area (Å²) in [5, 5.41) is 12.9. The molecule has 28 heavy (non-hydrogen) atoms. The largest absolute Gasteiger partial charge is 0.391 e. The maximum Gasteiger partial charge on any atom is 0.245 e. The van der Waals surface area contributed by atoms with E-state index in [1.165, 1.54) is 19.1 Å². The molecule has 2 aromatic carbocycles. The number of para-hydroxylation sites is 1. The van der Waals surface area contributed by atoms with Crippen molar-refractivity contribution in [3.8, 4) is 0 Å². The number of rotatable bonds is 7. The Hall–Kier alpha value is -2.22. The second kappa shape index (κ2) is 8.86. The summed E-state index contributed by atoms with van der Waals surface area (Å²) in [4.78, 5) is 12.9. The molecule has 0 fully saturated rings. The number of aliphatic hydroxyl groups excluding tert-OH is 1. The molecule has 7 heteroatoms. The zero-order valence-corrected chi connectivity index (χ0v) is 17.7. The summed E-state index contributed by atoms with van der Waals surface area (Å²) >= 11 is 0. The minimum Gasteiger partial charge on any atom is -0.391 e. The van der Waals surface area contributed by atoms with E-state index in [9.17, 15) is 18.3 Å². The lowest BCUT2D eigenvalue weighted by molar-refractivity contribution is -0.119. The maximum atomic E-state index is 12.8. The SMILES string of the molecule is Cc1ccc(S(=O)(=O)NC(C(=O)Nc2c(C)cccc2C(C)C)C(C)O)cc1. The number of hydrogen-bond donors (Lipinski definition) is 3. The number of hydrogen-bond acceptors (Lipinski definition) is 4. The summed E-state index contributed by atoms with van der Waals surface area (Å²) in [6.07, 6.45) is -1.22. The topological polar surface area (TPSA) is 95.5 Å². The molecule has 0 aliphatic heterocycles. The van der Waals surface area contributed by atoms with Crippen molar-refractivity contribution in [1.29, 1.82) is 0 Å². The zero-order chi connectivity index (χ0) is 21.1. The fourth-order valence-corrected chi connectivity index (χ4v) is 4.14. The Morgan fingerprint density at radius 3 is 2.14 bits per heavy atom. The average molecular weight is 405 g/mol. The van der Waals surface area contributed by atoms with Crippen LogP contribution in [0.3, 0.4) is 0 Å². The van der Waals surface area contributed by atoms with Crippen molar-refractivity contribution in [2.75, 3.05) is 5.32 Å². The van der Waals surface area contributed by atoms with E-state index in [2.05, 4.69) is 10.0 Å². The summed E-state index contributed by atoms with van der Waals surface area (Å²) in [6.45, 7) is 9.12. The summed E-state index contributed by atoms with van der Waals surface area (Å²) in [5.41, 5.74) is 3.37. The molecule has 0 radical (unpaired) electrons. The van der Waals surface area contributed by atoms with Crippen molar-refractivity contribution < 1.29 is 18.3 Å². The van der Waals surface area contributed by atoms with E-state index in [-0.39, 0.29) is 10.8 Å². The lowest BCUT2D eigenvalue weighted by Crippen LogP contribution is -2.50. The van der Waals surface area contributed by atoms with Crippen LogP contribution in [0.4, 0.5) is 5.69 Å². The summed E-state index contributed by atoms with van der Waals surface area (Å²) in [7, 11) is -3.97. The molecule has 152 valence electrons. The van der Waals surface area contributed by atoms with Crippen LogP contribution < -0.4 is 10.0 Å². The van der Waals surface area contributed by atoms with Crippen molar-refractivity contribution in [3.63, 3.8) is 0 Å². The average Bonchev–Trinajstić information content (AvgIpc) is 2.61. The number of benzene rings is 2. The van der Waals surface area contributed by atoms with E-state index in [0.717, 1.165) is 16.7 Å². The van der Waals surface area contributed by atoms with Gasteiger partial charge in [0.05, 0.1) is 11.0 Å². The van der Waals surface area contributed by atoms with E-state index < -0.39 is 28.1 Å². The van der Waals surface area contributed by atoms with Gasteiger partial charge in [-0.2, -0.15) is 4.72 Å². The highest BCUT2D eigenvalue weighted by Gasteiger charge is 2.30. The zero-order valence-electron chi connectivity index (χ0n) is 16.9. The number of aliphatic hydroxyl groups is 1. The molecule has 2 rings (SSSR count). The Labute approximate surface area is 167 Å². The molecule has 0 bridgehead atoms. The van der Waals surface area contributed by atoms with Gasteiger partial charge in [-0.15, -0.1) is 0 Å². The fraction of sp³-hybridized carbons (Fsp3) is 0.381. The van der Waals surface area contributed by atoms with Crippen LogP contribution in [0.2, 0.25) is 0 Å². The molecule has 0 heterocycles. The Kier molecular flexibility index (Phi) is 6.98. The third kappa shape index (κ3) is 5.19. The minimum absolute atomic E-state index is 0.0373. The van der Waals surface area contributed by atoms with Crippen LogP contribution in [-0.2, 0) is 14.8 Å². The Morgan fingerprint density at radius 2 is 1.61 bits per heavy atom. The van der Waals surface area contributed by atoms with Crippen LogP contribution in [-0.4, -0.2) is 31.6 Å². The van der Waals surface area contributed by atoms with Gasteiger partial charge in [0.25, 0.3) is 0 Å². The molecule has 0 saturated heterocycles. The van der Waals surface area contributed by atoms with Gasteiger partial charge in [-0.3, -0.25) is 4.79 Å². The molecule has 0 aromatic heterocycles. The molecule has 0 spiro atoms. The summed E-state index contributed by atoms with van der Waals surface area (Å²) in [6, 6.07) is 10.6. The molecule has 0 aliphatic rings. The normalized spacial score (nSPS) is 14.0. The Morgan fingerprint density at radius 1 is 1.00 bits per heavy atom. The van der Waals surface area contributed by atoms with Crippen molar-refractivity contribution >= 4 is 21.6 Å². The molecule has 0 aliphatic carbocycles. The fourth-order valence-electron chi connectivity index (χ4n) is 2.87. The predicted molar refractivity (Wildman–Crippen MR) is 111 cm³/mol. The highest BCUT2D eigenvalue weighted by Crippen LogP contribution is 2.27. The Bertz CT molecular complexity index is 935. The van der Waals surface area contributed by atoms with E-state index >= 15 is 0 Å². The molecular weight excluding hydrogens is 376 g/mol. The van der Waals surface area contributed by atoms with E-state index in [4.69, 9.17) is 0 Å². The minimum atomic E-state index is -3.97. The number of carbonyl (C=O) groups is 1. The highest BCUT2D eigenvalue weighted by molar-refractivity contribution is 7.89. The summed E-state index contributed by atoms with van der Waals surface area (Å²) in [5.74, 6) is -0.439. The number of carbonyl (C=O) groups excluding carboxylic acids is 1. The van der Waals surface area contributed by atoms with Crippen molar-refractivity contribution in [3.05, 3.63) is 59.2 Å². The van der Waals surface area contributed by atoms with Gasteiger partial charge >= 0.3 is 0 Å². The molecule has 2 atom stereocenters. The van der Waals surface area contributed by atoms with Gasteiger partial charge in [0.2, 0.25) is 15.9 Å². The van der Waals surface area contributed by atoms with E-state index in [1.807, 2.05) is 45.9 Å². The van der Waals surface area contributed by atoms with Crippen molar-refractivity contribution in [2.45, 2.75) is 57.6 Å². The molecule has 3 N–H and O–H groups in total. The Balaban J connectivity index is 2.30. The van der Waals surface area contributed by atoms with Crippen LogP contribution in [0.1, 0.15) is 43.4 Å². The molecular formula is C21H28N2O4S. The third-order valence-corrected chi connectivity index (χ3v) is 6.01. The number of amides is 1. The van der Waals surface area contributed by atoms with E-state index in [0.29, 0.717) is 5.69 Å². The smallest absolute Gasteiger partial charge is 0.245 e. The molecule has 0 saturated carbocycles. The van der Waals surface area contributed by atoms with E-state index in [1.54, 1.807) is 12.1 Å². The number of anilines is 1. The molecule has 2 unspecified atom stereocenters. The second-order valence-corrected chi connectivity index (χ2v) is 9.05. The standard InChI is InChI=1S/C21H28N2O4S/c1-13(2)18-8-6-7-15(4)19(18)22-21(25)20(16(5)24)23-28(26,27)17-11-9-14(3)10-12-17/h6-13,16,20,23-24H,1-5H3,(H,22,25). The number of aryl methyl sites for hydroxylation is 2. The van der Waals surface area contributed by atoms with Gasteiger partial charge in [-0.05, 0) is 49.9 Å². The van der Waals surface area contributed by atoms with Gasteiger partial charge in [0.1, 0.15) is 6.04 Å².